The molecule has 0 aromatic heterocycles. The highest BCUT2D eigenvalue weighted by molar-refractivity contribution is 9.10. The van der Waals surface area contributed by atoms with Crippen molar-refractivity contribution in [2.45, 2.75) is 24.1 Å². The van der Waals surface area contributed by atoms with Gasteiger partial charge in [-0.1, -0.05) is 28.9 Å². The molecule has 2 unspecified atom stereocenters. The summed E-state index contributed by atoms with van der Waals surface area (Å²) < 4.78 is 1.08. The SMILES string of the molecule is CC1SCCC12CN=C(N)N2c1cccc(Br)c1. The molecule has 5 heteroatoms. The molecule has 3 rings (SSSR count). The molecular weight excluding hydrogens is 310 g/mol. The first-order chi connectivity index (χ1) is 8.63. The minimum absolute atomic E-state index is 0.0789. The first kappa shape index (κ1) is 12.4. The van der Waals surface area contributed by atoms with Crippen molar-refractivity contribution in [2.75, 3.05) is 17.2 Å². The Kier molecular flexibility index (Phi) is 3.06. The molecule has 1 aromatic carbocycles. The summed E-state index contributed by atoms with van der Waals surface area (Å²) in [4.78, 5) is 6.74. The number of hydrogen-bond donors (Lipinski definition) is 1. The molecule has 0 saturated carbocycles. The lowest BCUT2D eigenvalue weighted by Crippen LogP contribution is -2.55. The quantitative estimate of drug-likeness (QED) is 0.863. The Morgan fingerprint density at radius 2 is 2.39 bits per heavy atom. The second kappa shape index (κ2) is 4.46. The van der Waals surface area contributed by atoms with Crippen LogP contribution in [0.3, 0.4) is 0 Å². The van der Waals surface area contributed by atoms with Crippen molar-refractivity contribution in [2.24, 2.45) is 10.7 Å². The summed E-state index contributed by atoms with van der Waals surface area (Å²) >= 11 is 5.54. The van der Waals surface area contributed by atoms with Gasteiger partial charge in [0.25, 0.3) is 0 Å². The zero-order chi connectivity index (χ0) is 12.8. The topological polar surface area (TPSA) is 41.6 Å². The van der Waals surface area contributed by atoms with Gasteiger partial charge in [-0.15, -0.1) is 0 Å². The lowest BCUT2D eigenvalue weighted by atomic mass is 9.91. The van der Waals surface area contributed by atoms with Gasteiger partial charge < -0.3 is 10.6 Å². The molecule has 2 aliphatic heterocycles. The smallest absolute Gasteiger partial charge is 0.196 e. The van der Waals surface area contributed by atoms with E-state index < -0.39 is 0 Å². The van der Waals surface area contributed by atoms with Crippen LogP contribution in [0.2, 0.25) is 0 Å². The molecule has 2 atom stereocenters. The fourth-order valence-corrected chi connectivity index (χ4v) is 4.68. The molecule has 2 heterocycles. The molecule has 18 heavy (non-hydrogen) atoms. The Bertz CT molecular complexity index is 505. The highest BCUT2D eigenvalue weighted by atomic mass is 79.9. The van der Waals surface area contributed by atoms with Crippen molar-refractivity contribution in [3.8, 4) is 0 Å². The average molecular weight is 326 g/mol. The summed E-state index contributed by atoms with van der Waals surface area (Å²) in [6.45, 7) is 3.11. The van der Waals surface area contributed by atoms with E-state index in [1.54, 1.807) is 0 Å². The fraction of sp³-hybridized carbons (Fsp3) is 0.462. The normalized spacial score (nSPS) is 31.1. The van der Waals surface area contributed by atoms with E-state index in [2.05, 4.69) is 44.9 Å². The zero-order valence-corrected chi connectivity index (χ0v) is 12.7. The zero-order valence-electron chi connectivity index (χ0n) is 10.3. The maximum Gasteiger partial charge on any atom is 0.196 e. The molecule has 1 spiro atoms. The molecular formula is C13H16BrN3S. The van der Waals surface area contributed by atoms with Gasteiger partial charge in [-0.05, 0) is 30.4 Å². The second-order valence-electron chi connectivity index (χ2n) is 4.86. The number of halogens is 1. The predicted molar refractivity (Wildman–Crippen MR) is 82.4 cm³/mol. The Hall–Kier alpha value is -0.680. The third kappa shape index (κ3) is 1.75. The van der Waals surface area contributed by atoms with Crippen LogP contribution in [-0.4, -0.2) is 29.0 Å². The summed E-state index contributed by atoms with van der Waals surface area (Å²) in [5, 5.41) is 0.557. The number of guanidine groups is 1. The molecule has 96 valence electrons. The van der Waals surface area contributed by atoms with E-state index in [-0.39, 0.29) is 5.54 Å². The van der Waals surface area contributed by atoms with Gasteiger partial charge in [0.15, 0.2) is 5.96 Å². The van der Waals surface area contributed by atoms with Gasteiger partial charge in [-0.3, -0.25) is 4.99 Å². The third-order valence-corrected chi connectivity index (χ3v) is 5.79. The number of rotatable bonds is 1. The molecule has 1 fully saturated rings. The van der Waals surface area contributed by atoms with Crippen molar-refractivity contribution in [1.29, 1.82) is 0 Å². The fourth-order valence-electron chi connectivity index (χ4n) is 2.86. The van der Waals surface area contributed by atoms with Crippen LogP contribution in [0, 0.1) is 0 Å². The maximum atomic E-state index is 6.13. The molecule has 0 radical (unpaired) electrons. The van der Waals surface area contributed by atoms with E-state index in [1.165, 1.54) is 5.75 Å². The van der Waals surface area contributed by atoms with Gasteiger partial charge >= 0.3 is 0 Å². The number of benzene rings is 1. The summed E-state index contributed by atoms with van der Waals surface area (Å²) in [5.41, 5.74) is 7.34. The highest BCUT2D eigenvalue weighted by Crippen LogP contribution is 2.44. The lowest BCUT2D eigenvalue weighted by Gasteiger charge is -2.39. The number of nitrogens with zero attached hydrogens (tertiary/aromatic N) is 2. The van der Waals surface area contributed by atoms with Gasteiger partial charge in [0.2, 0.25) is 0 Å². The van der Waals surface area contributed by atoms with E-state index in [9.17, 15) is 0 Å². The summed E-state index contributed by atoms with van der Waals surface area (Å²) in [7, 11) is 0. The first-order valence-electron chi connectivity index (χ1n) is 6.11. The highest BCUT2D eigenvalue weighted by Gasteiger charge is 2.50. The van der Waals surface area contributed by atoms with Crippen LogP contribution in [0.1, 0.15) is 13.3 Å². The number of hydrogen-bond acceptors (Lipinski definition) is 4. The van der Waals surface area contributed by atoms with Gasteiger partial charge in [-0.2, -0.15) is 11.8 Å². The van der Waals surface area contributed by atoms with Gasteiger partial charge in [0, 0.05) is 15.4 Å². The van der Waals surface area contributed by atoms with Crippen LogP contribution in [-0.2, 0) is 0 Å². The summed E-state index contributed by atoms with van der Waals surface area (Å²) in [5.74, 6) is 1.84. The largest absolute Gasteiger partial charge is 0.369 e. The standard InChI is InChI=1S/C13H16BrN3S/c1-9-13(5-6-18-9)8-16-12(15)17(13)11-4-2-3-10(14)7-11/h2-4,7,9H,5-6,8H2,1H3,(H2,15,16). The Labute approximate surface area is 120 Å². The Balaban J connectivity index is 2.04. The number of aliphatic imine (C=N–C) groups is 1. The van der Waals surface area contributed by atoms with Gasteiger partial charge in [-0.25, -0.2) is 0 Å². The molecule has 0 bridgehead atoms. The average Bonchev–Trinajstić information content (AvgIpc) is 2.85. The predicted octanol–water partition coefficient (Wildman–Crippen LogP) is 2.85. The third-order valence-electron chi connectivity index (χ3n) is 3.92. The summed E-state index contributed by atoms with van der Waals surface area (Å²) in [6.07, 6.45) is 1.15. The van der Waals surface area contributed by atoms with E-state index in [0.717, 1.165) is 23.1 Å². The van der Waals surface area contributed by atoms with Gasteiger partial charge in [0.1, 0.15) is 0 Å². The van der Waals surface area contributed by atoms with Crippen molar-refractivity contribution < 1.29 is 0 Å². The van der Waals surface area contributed by atoms with Crippen LogP contribution in [0.15, 0.2) is 33.7 Å². The van der Waals surface area contributed by atoms with Crippen LogP contribution in [0.4, 0.5) is 5.69 Å². The van der Waals surface area contributed by atoms with E-state index in [4.69, 9.17) is 5.73 Å². The first-order valence-corrected chi connectivity index (χ1v) is 7.95. The van der Waals surface area contributed by atoms with E-state index in [1.807, 2.05) is 23.9 Å². The molecule has 3 nitrogen and oxygen atoms in total. The number of anilines is 1. The molecule has 1 saturated heterocycles. The van der Waals surface area contributed by atoms with Gasteiger partial charge in [0.05, 0.1) is 12.1 Å². The van der Waals surface area contributed by atoms with Crippen molar-refractivity contribution in [1.82, 2.24) is 0 Å². The van der Waals surface area contributed by atoms with Crippen LogP contribution < -0.4 is 10.6 Å². The molecule has 2 aliphatic rings. The Morgan fingerprint density at radius 3 is 3.06 bits per heavy atom. The van der Waals surface area contributed by atoms with Crippen molar-refractivity contribution in [3.63, 3.8) is 0 Å². The van der Waals surface area contributed by atoms with Crippen LogP contribution in [0.25, 0.3) is 0 Å². The summed E-state index contributed by atoms with van der Waals surface area (Å²) in [6, 6.07) is 8.30. The van der Waals surface area contributed by atoms with E-state index in [0.29, 0.717) is 11.2 Å². The van der Waals surface area contributed by atoms with E-state index >= 15 is 0 Å². The Morgan fingerprint density at radius 1 is 1.56 bits per heavy atom. The maximum absolute atomic E-state index is 6.13. The minimum Gasteiger partial charge on any atom is -0.369 e. The van der Waals surface area contributed by atoms with Crippen LogP contribution in [0.5, 0.6) is 0 Å². The minimum atomic E-state index is 0.0789. The van der Waals surface area contributed by atoms with Crippen LogP contribution >= 0.6 is 27.7 Å². The van der Waals surface area contributed by atoms with Crippen molar-refractivity contribution in [3.05, 3.63) is 28.7 Å². The molecule has 0 amide bonds. The second-order valence-corrected chi connectivity index (χ2v) is 7.22. The number of nitrogens with two attached hydrogens (primary N) is 1. The molecule has 2 N–H and O–H groups in total. The molecule has 0 aliphatic carbocycles. The van der Waals surface area contributed by atoms with Crippen molar-refractivity contribution >= 4 is 39.3 Å². The lowest BCUT2D eigenvalue weighted by molar-refractivity contribution is 0.460. The monoisotopic (exact) mass is 325 g/mol. The number of thioether (sulfide) groups is 1. The molecule has 1 aromatic rings.